The van der Waals surface area contributed by atoms with Gasteiger partial charge in [-0.3, -0.25) is 9.59 Å². The number of amides is 3. The molecule has 3 amide bonds. The monoisotopic (exact) mass is 375 g/mol. The number of carboxylic acid groups (broad SMARTS) is 1. The highest BCUT2D eigenvalue weighted by atomic mass is 16.5. The fraction of sp³-hybridized carbons (Fsp3) is 0.526. The number of carboxylic acids is 1. The van der Waals surface area contributed by atoms with Crippen molar-refractivity contribution in [3.63, 3.8) is 0 Å². The summed E-state index contributed by atoms with van der Waals surface area (Å²) in [5, 5.41) is 17.5. The summed E-state index contributed by atoms with van der Waals surface area (Å²) < 4.78 is 5.45. The quantitative estimate of drug-likeness (QED) is 0.584. The maximum atomic E-state index is 12.1. The van der Waals surface area contributed by atoms with E-state index in [9.17, 15) is 19.5 Å². The molecule has 0 radical (unpaired) electrons. The Balaban J connectivity index is 1.44. The molecule has 0 spiro atoms. The number of anilines is 2. The molecule has 27 heavy (non-hydrogen) atoms. The highest BCUT2D eigenvalue weighted by molar-refractivity contribution is 5.95. The van der Waals surface area contributed by atoms with Gasteiger partial charge in [0.1, 0.15) is 0 Å². The second-order valence-corrected chi connectivity index (χ2v) is 7.21. The standard InChI is InChI=1S/C19H25N3O5/c23-16(11-19(17(24)25)8-2-9-19)21-13-4-6-14(7-5-13)22-18(26)20-12-15-3-1-10-27-15/h4-7,15H,1-3,8-12H2,(H,21,23)(H,24,25)(H2,20,22,26). The lowest BCUT2D eigenvalue weighted by Gasteiger charge is -2.36. The van der Waals surface area contributed by atoms with Gasteiger partial charge in [-0.05, 0) is 49.9 Å². The predicted octanol–water partition coefficient (Wildman–Crippen LogP) is 2.57. The van der Waals surface area contributed by atoms with Gasteiger partial charge in [0.05, 0.1) is 11.5 Å². The predicted molar refractivity (Wildman–Crippen MR) is 99.6 cm³/mol. The Labute approximate surface area is 157 Å². The van der Waals surface area contributed by atoms with Gasteiger partial charge in [0.25, 0.3) is 0 Å². The lowest BCUT2D eigenvalue weighted by atomic mass is 9.66. The number of nitrogens with one attached hydrogen (secondary N) is 3. The molecule has 1 aromatic carbocycles. The van der Waals surface area contributed by atoms with Crippen molar-refractivity contribution >= 4 is 29.3 Å². The number of hydrogen-bond donors (Lipinski definition) is 4. The number of benzene rings is 1. The molecule has 2 aliphatic rings. The molecule has 1 aromatic rings. The number of aliphatic carboxylic acids is 1. The lowest BCUT2D eigenvalue weighted by molar-refractivity contribution is -0.157. The third-order valence-corrected chi connectivity index (χ3v) is 5.20. The van der Waals surface area contributed by atoms with E-state index in [2.05, 4.69) is 16.0 Å². The van der Waals surface area contributed by atoms with Gasteiger partial charge in [0, 0.05) is 30.9 Å². The molecule has 1 unspecified atom stereocenters. The Morgan fingerprint density at radius 3 is 2.26 bits per heavy atom. The summed E-state index contributed by atoms with van der Waals surface area (Å²) in [5.74, 6) is -1.22. The summed E-state index contributed by atoms with van der Waals surface area (Å²) in [5.41, 5.74) is 0.246. The molecule has 0 aromatic heterocycles. The molecule has 1 aliphatic heterocycles. The van der Waals surface area contributed by atoms with Crippen LogP contribution in [0.3, 0.4) is 0 Å². The van der Waals surface area contributed by atoms with Crippen LogP contribution in [0.15, 0.2) is 24.3 Å². The first-order valence-corrected chi connectivity index (χ1v) is 9.27. The van der Waals surface area contributed by atoms with Crippen molar-refractivity contribution in [2.24, 2.45) is 5.41 Å². The topological polar surface area (TPSA) is 117 Å². The molecular weight excluding hydrogens is 350 g/mol. The molecule has 3 rings (SSSR count). The number of urea groups is 1. The largest absolute Gasteiger partial charge is 0.481 e. The average molecular weight is 375 g/mol. The van der Waals surface area contributed by atoms with Gasteiger partial charge in [-0.15, -0.1) is 0 Å². The summed E-state index contributed by atoms with van der Waals surface area (Å²) in [7, 11) is 0. The minimum atomic E-state index is -0.910. The maximum Gasteiger partial charge on any atom is 0.319 e. The van der Waals surface area contributed by atoms with E-state index < -0.39 is 11.4 Å². The van der Waals surface area contributed by atoms with Gasteiger partial charge in [-0.1, -0.05) is 6.42 Å². The summed E-state index contributed by atoms with van der Waals surface area (Å²) in [6.45, 7) is 1.22. The number of ether oxygens (including phenoxy) is 1. The molecule has 8 heteroatoms. The van der Waals surface area contributed by atoms with E-state index in [1.54, 1.807) is 24.3 Å². The molecule has 1 saturated heterocycles. The van der Waals surface area contributed by atoms with Crippen LogP contribution < -0.4 is 16.0 Å². The zero-order valence-corrected chi connectivity index (χ0v) is 15.1. The molecule has 1 aliphatic carbocycles. The molecule has 4 N–H and O–H groups in total. The van der Waals surface area contributed by atoms with Gasteiger partial charge >= 0.3 is 12.0 Å². The lowest BCUT2D eigenvalue weighted by Crippen LogP contribution is -2.41. The van der Waals surface area contributed by atoms with Gasteiger partial charge in [-0.2, -0.15) is 0 Å². The summed E-state index contributed by atoms with van der Waals surface area (Å²) >= 11 is 0. The molecular formula is C19H25N3O5. The van der Waals surface area contributed by atoms with E-state index in [0.717, 1.165) is 25.9 Å². The fourth-order valence-electron chi connectivity index (χ4n) is 3.41. The Hall–Kier alpha value is -2.61. The normalized spacial score (nSPS) is 20.4. The third kappa shape index (κ3) is 4.97. The highest BCUT2D eigenvalue weighted by Gasteiger charge is 2.45. The Kier molecular flexibility index (Phi) is 5.95. The molecule has 0 bridgehead atoms. The van der Waals surface area contributed by atoms with Crippen molar-refractivity contribution in [2.45, 2.75) is 44.6 Å². The maximum absolute atomic E-state index is 12.1. The van der Waals surface area contributed by atoms with Crippen LogP contribution in [0.5, 0.6) is 0 Å². The van der Waals surface area contributed by atoms with Crippen LogP contribution in [0.1, 0.15) is 38.5 Å². The van der Waals surface area contributed by atoms with E-state index in [1.165, 1.54) is 0 Å². The Morgan fingerprint density at radius 2 is 1.74 bits per heavy atom. The van der Waals surface area contributed by atoms with Crippen molar-refractivity contribution < 1.29 is 24.2 Å². The third-order valence-electron chi connectivity index (χ3n) is 5.20. The minimum Gasteiger partial charge on any atom is -0.481 e. The molecule has 1 saturated carbocycles. The second-order valence-electron chi connectivity index (χ2n) is 7.21. The van der Waals surface area contributed by atoms with Crippen LogP contribution in [0.2, 0.25) is 0 Å². The second kappa shape index (κ2) is 8.39. The molecule has 1 heterocycles. The van der Waals surface area contributed by atoms with Crippen LogP contribution in [-0.2, 0) is 14.3 Å². The zero-order valence-electron chi connectivity index (χ0n) is 15.1. The minimum absolute atomic E-state index is 0.0199. The van der Waals surface area contributed by atoms with Crippen LogP contribution in [0.25, 0.3) is 0 Å². The SMILES string of the molecule is O=C(CC1(C(=O)O)CCC1)Nc1ccc(NC(=O)NCC2CCCO2)cc1. The fourth-order valence-corrected chi connectivity index (χ4v) is 3.41. The summed E-state index contributed by atoms with van der Waals surface area (Å²) in [6.07, 6.45) is 3.97. The van der Waals surface area contributed by atoms with Crippen molar-refractivity contribution in [3.05, 3.63) is 24.3 Å². The van der Waals surface area contributed by atoms with E-state index in [1.807, 2.05) is 0 Å². The number of hydrogen-bond acceptors (Lipinski definition) is 4. The smallest absolute Gasteiger partial charge is 0.319 e. The number of carbonyl (C=O) groups is 3. The van der Waals surface area contributed by atoms with Crippen molar-refractivity contribution in [1.29, 1.82) is 0 Å². The van der Waals surface area contributed by atoms with Gasteiger partial charge in [0.15, 0.2) is 0 Å². The Morgan fingerprint density at radius 1 is 1.07 bits per heavy atom. The van der Waals surface area contributed by atoms with Crippen LogP contribution in [0, 0.1) is 5.41 Å². The van der Waals surface area contributed by atoms with E-state index >= 15 is 0 Å². The van der Waals surface area contributed by atoms with E-state index in [0.29, 0.717) is 30.8 Å². The highest BCUT2D eigenvalue weighted by Crippen LogP contribution is 2.44. The van der Waals surface area contributed by atoms with Crippen LogP contribution in [0.4, 0.5) is 16.2 Å². The van der Waals surface area contributed by atoms with Crippen molar-refractivity contribution in [3.8, 4) is 0 Å². The van der Waals surface area contributed by atoms with Crippen LogP contribution >= 0.6 is 0 Å². The first-order chi connectivity index (χ1) is 13.0. The molecule has 1 atom stereocenters. The van der Waals surface area contributed by atoms with Gasteiger partial charge in [-0.25, -0.2) is 4.79 Å². The van der Waals surface area contributed by atoms with E-state index in [-0.39, 0.29) is 24.5 Å². The number of carbonyl (C=O) groups excluding carboxylic acids is 2. The average Bonchev–Trinajstić information content (AvgIpc) is 3.11. The molecule has 2 fully saturated rings. The first-order valence-electron chi connectivity index (χ1n) is 9.27. The van der Waals surface area contributed by atoms with Crippen molar-refractivity contribution in [1.82, 2.24) is 5.32 Å². The van der Waals surface area contributed by atoms with Gasteiger partial charge < -0.3 is 25.8 Å². The van der Waals surface area contributed by atoms with Crippen molar-refractivity contribution in [2.75, 3.05) is 23.8 Å². The molecule has 8 nitrogen and oxygen atoms in total. The summed E-state index contributed by atoms with van der Waals surface area (Å²) in [4.78, 5) is 35.4. The molecule has 146 valence electrons. The first kappa shape index (κ1) is 19.2. The zero-order chi connectivity index (χ0) is 19.3. The van der Waals surface area contributed by atoms with Gasteiger partial charge in [0.2, 0.25) is 5.91 Å². The number of rotatable bonds is 7. The Bertz CT molecular complexity index is 694. The van der Waals surface area contributed by atoms with E-state index in [4.69, 9.17) is 4.74 Å². The summed E-state index contributed by atoms with van der Waals surface area (Å²) in [6, 6.07) is 6.38. The van der Waals surface area contributed by atoms with Crippen LogP contribution in [-0.4, -0.2) is 42.3 Å².